The summed E-state index contributed by atoms with van der Waals surface area (Å²) in [5.74, 6) is 0.128. The predicted octanol–water partition coefficient (Wildman–Crippen LogP) is 0.680. The molecule has 0 saturated carbocycles. The third kappa shape index (κ3) is 4.44. The number of hydrogen-bond acceptors (Lipinski definition) is 5. The maximum Gasteiger partial charge on any atom is 0.233 e. The molecule has 0 spiro atoms. The van der Waals surface area contributed by atoms with E-state index in [0.29, 0.717) is 29.5 Å². The van der Waals surface area contributed by atoms with E-state index in [1.807, 2.05) is 0 Å². The van der Waals surface area contributed by atoms with E-state index in [2.05, 4.69) is 5.32 Å². The molecule has 0 aliphatic carbocycles. The zero-order valence-electron chi connectivity index (χ0n) is 12.0. The number of methoxy groups -OCH3 is 1. The van der Waals surface area contributed by atoms with E-state index in [1.165, 1.54) is 7.11 Å². The lowest BCUT2D eigenvalue weighted by molar-refractivity contribution is -0.119. The molecule has 0 radical (unpaired) electrons. The van der Waals surface area contributed by atoms with Crippen LogP contribution in [0, 0.1) is 0 Å². The minimum atomic E-state index is -1.46. The van der Waals surface area contributed by atoms with Crippen LogP contribution in [0.5, 0.6) is 5.75 Å². The lowest BCUT2D eigenvalue weighted by Gasteiger charge is -2.23. The summed E-state index contributed by atoms with van der Waals surface area (Å²) in [6, 6.07) is 4.98. The van der Waals surface area contributed by atoms with Gasteiger partial charge in [-0.25, -0.2) is 0 Å². The smallest absolute Gasteiger partial charge is 0.233 e. The largest absolute Gasteiger partial charge is 0.495 e. The van der Waals surface area contributed by atoms with Gasteiger partial charge in [-0.05, 0) is 25.0 Å². The first kappa shape index (κ1) is 15.8. The molecule has 1 saturated heterocycles. The fourth-order valence-corrected chi connectivity index (χ4v) is 3.24. The fraction of sp³-hybridized carbons (Fsp3) is 0.500. The summed E-state index contributed by atoms with van der Waals surface area (Å²) in [5.41, 5.74) is 6.19. The Labute approximate surface area is 126 Å². The van der Waals surface area contributed by atoms with Crippen LogP contribution in [0.3, 0.4) is 0 Å². The summed E-state index contributed by atoms with van der Waals surface area (Å²) in [6.45, 7) is 1.31. The van der Waals surface area contributed by atoms with E-state index >= 15 is 0 Å². The fourth-order valence-electron chi connectivity index (χ4n) is 2.18. The van der Waals surface area contributed by atoms with Gasteiger partial charge in [0.1, 0.15) is 11.5 Å². The first-order valence-corrected chi connectivity index (χ1v) is 8.11. The molecule has 1 fully saturated rings. The van der Waals surface area contributed by atoms with Gasteiger partial charge in [-0.1, -0.05) is 0 Å². The number of nitrogens with two attached hydrogens (primary N) is 1. The second kappa shape index (κ2) is 7.42. The average Bonchev–Trinajstić information content (AvgIpc) is 2.47. The molecule has 1 atom stereocenters. The number of nitrogens with one attached hydrogen (secondary N) is 1. The molecule has 1 heterocycles. The Bertz CT molecular complexity index is 530. The van der Waals surface area contributed by atoms with Gasteiger partial charge in [0.15, 0.2) is 0 Å². The van der Waals surface area contributed by atoms with Crippen LogP contribution in [0.1, 0.15) is 12.8 Å². The van der Waals surface area contributed by atoms with E-state index in [-0.39, 0.29) is 17.7 Å². The number of hydrogen-bond donors (Lipinski definition) is 2. The third-order valence-corrected chi connectivity index (χ3v) is 4.63. The van der Waals surface area contributed by atoms with E-state index in [9.17, 15) is 9.00 Å². The minimum Gasteiger partial charge on any atom is -0.495 e. The number of anilines is 1. The summed E-state index contributed by atoms with van der Waals surface area (Å²) in [7, 11) is 0.0223. The van der Waals surface area contributed by atoms with Gasteiger partial charge in [0.05, 0.1) is 22.8 Å². The molecule has 116 valence electrons. The standard InChI is InChI=1S/C14H20N2O4S/c1-19-12-8-10(15)2-3-13(12)21(18)9-14(17)16-11-4-6-20-7-5-11/h2-3,8,11H,4-7,9,15H2,1H3,(H,16,17). The lowest BCUT2D eigenvalue weighted by atomic mass is 10.1. The molecular formula is C14H20N2O4S. The van der Waals surface area contributed by atoms with Crippen molar-refractivity contribution >= 4 is 22.4 Å². The molecule has 0 aromatic heterocycles. The quantitative estimate of drug-likeness (QED) is 0.780. The Morgan fingerprint density at radius 3 is 2.86 bits per heavy atom. The van der Waals surface area contributed by atoms with Crippen molar-refractivity contribution in [2.24, 2.45) is 0 Å². The second-order valence-corrected chi connectivity index (χ2v) is 6.27. The van der Waals surface area contributed by atoms with Gasteiger partial charge in [-0.15, -0.1) is 0 Å². The number of carbonyl (C=O) groups is 1. The van der Waals surface area contributed by atoms with Gasteiger partial charge in [-0.2, -0.15) is 0 Å². The van der Waals surface area contributed by atoms with Crippen LogP contribution in [0.25, 0.3) is 0 Å². The van der Waals surface area contributed by atoms with Crippen LogP contribution in [-0.4, -0.2) is 42.2 Å². The number of amides is 1. The molecule has 1 aliphatic rings. The van der Waals surface area contributed by atoms with E-state index < -0.39 is 10.8 Å². The first-order valence-electron chi connectivity index (χ1n) is 6.79. The highest BCUT2D eigenvalue weighted by Crippen LogP contribution is 2.24. The SMILES string of the molecule is COc1cc(N)ccc1S(=O)CC(=O)NC1CCOCC1. The zero-order chi connectivity index (χ0) is 15.2. The zero-order valence-corrected chi connectivity index (χ0v) is 12.8. The minimum absolute atomic E-state index is 0.0857. The van der Waals surface area contributed by atoms with Crippen LogP contribution in [0.15, 0.2) is 23.1 Å². The number of carbonyl (C=O) groups excluding carboxylic acids is 1. The van der Waals surface area contributed by atoms with Crippen LogP contribution in [0.2, 0.25) is 0 Å². The number of ether oxygens (including phenoxy) is 2. The predicted molar refractivity (Wildman–Crippen MR) is 80.7 cm³/mol. The van der Waals surface area contributed by atoms with Crippen molar-refractivity contribution in [1.82, 2.24) is 5.32 Å². The molecule has 7 heteroatoms. The molecule has 1 unspecified atom stereocenters. The Morgan fingerprint density at radius 2 is 2.19 bits per heavy atom. The van der Waals surface area contributed by atoms with Crippen LogP contribution in [0.4, 0.5) is 5.69 Å². The summed E-state index contributed by atoms with van der Waals surface area (Å²) in [5, 5.41) is 2.89. The van der Waals surface area contributed by atoms with Crippen molar-refractivity contribution in [1.29, 1.82) is 0 Å². The molecule has 21 heavy (non-hydrogen) atoms. The molecule has 6 nitrogen and oxygen atoms in total. The van der Waals surface area contributed by atoms with Crippen molar-refractivity contribution in [3.63, 3.8) is 0 Å². The highest BCUT2D eigenvalue weighted by atomic mass is 32.2. The molecular weight excluding hydrogens is 292 g/mol. The Balaban J connectivity index is 1.95. The summed E-state index contributed by atoms with van der Waals surface area (Å²) < 4.78 is 22.7. The normalized spacial score (nSPS) is 17.2. The van der Waals surface area contributed by atoms with Gasteiger partial charge >= 0.3 is 0 Å². The highest BCUT2D eigenvalue weighted by molar-refractivity contribution is 7.85. The molecule has 1 aromatic rings. The van der Waals surface area contributed by atoms with E-state index in [1.54, 1.807) is 18.2 Å². The second-order valence-electron chi connectivity index (χ2n) is 4.85. The van der Waals surface area contributed by atoms with Crippen molar-refractivity contribution in [3.05, 3.63) is 18.2 Å². The summed E-state index contributed by atoms with van der Waals surface area (Å²) >= 11 is 0. The van der Waals surface area contributed by atoms with Gasteiger partial charge in [0.2, 0.25) is 5.91 Å². The molecule has 0 bridgehead atoms. The van der Waals surface area contributed by atoms with Crippen LogP contribution in [-0.2, 0) is 20.3 Å². The van der Waals surface area contributed by atoms with Gasteiger partial charge < -0.3 is 20.5 Å². The maximum atomic E-state index is 12.3. The molecule has 2 rings (SSSR count). The summed E-state index contributed by atoms with van der Waals surface area (Å²) in [4.78, 5) is 12.4. The average molecular weight is 312 g/mol. The number of benzene rings is 1. The van der Waals surface area contributed by atoms with Crippen molar-refractivity contribution in [3.8, 4) is 5.75 Å². The highest BCUT2D eigenvalue weighted by Gasteiger charge is 2.19. The Kier molecular flexibility index (Phi) is 5.58. The first-order chi connectivity index (χ1) is 10.1. The van der Waals surface area contributed by atoms with E-state index in [4.69, 9.17) is 15.2 Å². The monoisotopic (exact) mass is 312 g/mol. The number of rotatable bonds is 5. The molecule has 3 N–H and O–H groups in total. The summed E-state index contributed by atoms with van der Waals surface area (Å²) in [6.07, 6.45) is 1.59. The Hall–Kier alpha value is -1.60. The lowest BCUT2D eigenvalue weighted by Crippen LogP contribution is -2.40. The van der Waals surface area contributed by atoms with Gasteiger partial charge in [0.25, 0.3) is 0 Å². The maximum absolute atomic E-state index is 12.3. The van der Waals surface area contributed by atoms with Gasteiger partial charge in [0, 0.05) is 31.0 Å². The molecule has 1 aliphatic heterocycles. The van der Waals surface area contributed by atoms with E-state index in [0.717, 1.165) is 12.8 Å². The van der Waals surface area contributed by atoms with Crippen molar-refractivity contribution in [2.75, 3.05) is 31.8 Å². The number of nitrogen functional groups attached to an aromatic ring is 1. The van der Waals surface area contributed by atoms with Gasteiger partial charge in [-0.3, -0.25) is 9.00 Å². The van der Waals surface area contributed by atoms with Crippen molar-refractivity contribution in [2.45, 2.75) is 23.8 Å². The molecule has 1 aromatic carbocycles. The third-order valence-electron chi connectivity index (χ3n) is 3.28. The Morgan fingerprint density at radius 1 is 1.48 bits per heavy atom. The van der Waals surface area contributed by atoms with Crippen LogP contribution < -0.4 is 15.8 Å². The topological polar surface area (TPSA) is 90.7 Å². The molecule has 1 amide bonds. The van der Waals surface area contributed by atoms with Crippen LogP contribution >= 0.6 is 0 Å². The van der Waals surface area contributed by atoms with Crippen molar-refractivity contribution < 1.29 is 18.5 Å².